The Balaban J connectivity index is 1.81. The fourth-order valence-electron chi connectivity index (χ4n) is 3.27. The molecule has 0 saturated carbocycles. The quantitative estimate of drug-likeness (QED) is 0.225. The monoisotopic (exact) mass is 437 g/mol. The van der Waals surface area contributed by atoms with Crippen molar-refractivity contribution in [3.05, 3.63) is 116 Å². The molecule has 0 aliphatic carbocycles. The minimum atomic E-state index is -0.499. The van der Waals surface area contributed by atoms with E-state index in [9.17, 15) is 25.5 Å². The van der Waals surface area contributed by atoms with Crippen molar-refractivity contribution in [3.8, 4) is 23.0 Å². The van der Waals surface area contributed by atoms with Gasteiger partial charge >= 0.3 is 0 Å². The summed E-state index contributed by atoms with van der Waals surface area (Å²) in [6, 6.07) is 23.3. The highest BCUT2D eigenvalue weighted by molar-refractivity contribution is 5.92. The van der Waals surface area contributed by atoms with E-state index in [0.29, 0.717) is 28.1 Å². The zero-order valence-electron chi connectivity index (χ0n) is 17.0. The molecule has 0 fully saturated rings. The van der Waals surface area contributed by atoms with Gasteiger partial charge in [-0.2, -0.15) is 10.4 Å². The third kappa shape index (κ3) is 4.50. The lowest BCUT2D eigenvalue weighted by Gasteiger charge is -2.01. The number of aromatic nitrogens is 2. The molecule has 4 aromatic rings. The summed E-state index contributed by atoms with van der Waals surface area (Å²) in [6.07, 6.45) is 3.39. The zero-order valence-corrected chi connectivity index (χ0v) is 17.0. The Bertz CT molecular complexity index is 1400. The first kappa shape index (κ1) is 21.1. The normalized spacial score (nSPS) is 11.1. The fraction of sp³-hybridized carbons (Fsp3) is 0. The maximum absolute atomic E-state index is 10.9. The van der Waals surface area contributed by atoms with E-state index in [1.807, 2.05) is 30.3 Å². The predicted molar refractivity (Wildman–Crippen MR) is 122 cm³/mol. The molecule has 3 aromatic carbocycles. The number of benzene rings is 3. The molecule has 0 amide bonds. The molecule has 0 saturated heterocycles. The molecular weight excluding hydrogens is 422 g/mol. The van der Waals surface area contributed by atoms with Crippen LogP contribution in [0.2, 0.25) is 0 Å². The van der Waals surface area contributed by atoms with Gasteiger partial charge in [0.15, 0.2) is 0 Å². The average molecular weight is 437 g/mol. The van der Waals surface area contributed by atoms with E-state index in [2.05, 4.69) is 11.2 Å². The number of non-ortho nitro benzene ring substituents is 2. The minimum absolute atomic E-state index is 0.0285. The van der Waals surface area contributed by atoms with Gasteiger partial charge in [0.25, 0.3) is 11.4 Å². The molecule has 1 aromatic heterocycles. The van der Waals surface area contributed by atoms with Crippen molar-refractivity contribution in [1.29, 1.82) is 5.26 Å². The summed E-state index contributed by atoms with van der Waals surface area (Å²) in [5.41, 5.74) is 3.46. The maximum atomic E-state index is 10.9. The van der Waals surface area contributed by atoms with Crippen LogP contribution < -0.4 is 0 Å². The number of hydrogen-bond donors (Lipinski definition) is 0. The molecule has 9 nitrogen and oxygen atoms in total. The summed E-state index contributed by atoms with van der Waals surface area (Å²) in [5.74, 6) is 0. The fourth-order valence-corrected chi connectivity index (χ4v) is 3.27. The third-order valence-electron chi connectivity index (χ3n) is 4.92. The maximum Gasteiger partial charge on any atom is 0.269 e. The van der Waals surface area contributed by atoms with Crippen molar-refractivity contribution in [2.24, 2.45) is 0 Å². The number of nitro groups is 2. The number of nitrogens with zero attached hydrogens (tertiary/aromatic N) is 5. The highest BCUT2D eigenvalue weighted by Gasteiger charge is 2.14. The van der Waals surface area contributed by atoms with E-state index in [1.54, 1.807) is 29.1 Å². The molecule has 160 valence electrons. The van der Waals surface area contributed by atoms with Crippen molar-refractivity contribution < 1.29 is 9.85 Å². The molecule has 0 unspecified atom stereocenters. The smallest absolute Gasteiger partial charge is 0.258 e. The second-order valence-electron chi connectivity index (χ2n) is 6.99. The molecule has 0 radical (unpaired) electrons. The lowest BCUT2D eigenvalue weighted by atomic mass is 10.0. The Hall–Kier alpha value is -5.10. The molecule has 4 rings (SSSR count). The van der Waals surface area contributed by atoms with Crippen LogP contribution >= 0.6 is 0 Å². The Labute approximate surface area is 187 Å². The lowest BCUT2D eigenvalue weighted by Crippen LogP contribution is -1.95. The van der Waals surface area contributed by atoms with Gasteiger partial charge in [0.1, 0.15) is 0 Å². The molecular formula is C24H15N5O4. The van der Waals surface area contributed by atoms with Crippen LogP contribution in [0, 0.1) is 31.6 Å². The number of nitro benzene ring substituents is 2. The molecule has 1 heterocycles. The summed E-state index contributed by atoms with van der Waals surface area (Å²) in [7, 11) is 0. The first-order valence-electron chi connectivity index (χ1n) is 9.73. The summed E-state index contributed by atoms with van der Waals surface area (Å²) in [6.45, 7) is 0. The molecule has 0 N–H and O–H groups in total. The van der Waals surface area contributed by atoms with Gasteiger partial charge in [0.05, 0.1) is 32.9 Å². The molecule has 0 aliphatic rings. The lowest BCUT2D eigenvalue weighted by molar-refractivity contribution is -0.385. The van der Waals surface area contributed by atoms with Crippen molar-refractivity contribution in [1.82, 2.24) is 9.78 Å². The van der Waals surface area contributed by atoms with E-state index >= 15 is 0 Å². The van der Waals surface area contributed by atoms with Gasteiger partial charge in [-0.3, -0.25) is 20.2 Å². The molecule has 33 heavy (non-hydrogen) atoms. The predicted octanol–water partition coefficient (Wildman–Crippen LogP) is 5.42. The van der Waals surface area contributed by atoms with Crippen LogP contribution in [0.25, 0.3) is 28.6 Å². The summed E-state index contributed by atoms with van der Waals surface area (Å²) < 4.78 is 1.59. The average Bonchev–Trinajstić information content (AvgIpc) is 3.27. The van der Waals surface area contributed by atoms with E-state index in [4.69, 9.17) is 0 Å². The first-order chi connectivity index (χ1) is 16.0. The van der Waals surface area contributed by atoms with Crippen LogP contribution in [0.15, 0.2) is 85.1 Å². The SMILES string of the molecule is N#C/C(=C\c1cn(-c2ccc([N+](=O)[O-])cc2)nc1-c1ccccc1)c1ccc([N+](=O)[O-])cc1. The minimum Gasteiger partial charge on any atom is -0.258 e. The van der Waals surface area contributed by atoms with Gasteiger partial charge in [0, 0.05) is 41.6 Å². The van der Waals surface area contributed by atoms with Gasteiger partial charge in [-0.1, -0.05) is 30.3 Å². The van der Waals surface area contributed by atoms with Gasteiger partial charge in [-0.25, -0.2) is 4.68 Å². The van der Waals surface area contributed by atoms with Gasteiger partial charge in [0.2, 0.25) is 0 Å². The Morgan fingerprint density at radius 3 is 2.00 bits per heavy atom. The highest BCUT2D eigenvalue weighted by atomic mass is 16.6. The third-order valence-corrected chi connectivity index (χ3v) is 4.92. The van der Waals surface area contributed by atoms with Crippen LogP contribution in [0.1, 0.15) is 11.1 Å². The first-order valence-corrected chi connectivity index (χ1v) is 9.73. The van der Waals surface area contributed by atoms with E-state index in [-0.39, 0.29) is 11.4 Å². The number of hydrogen-bond acceptors (Lipinski definition) is 6. The van der Waals surface area contributed by atoms with Crippen LogP contribution in [0.3, 0.4) is 0 Å². The largest absolute Gasteiger partial charge is 0.269 e. The van der Waals surface area contributed by atoms with Gasteiger partial charge in [-0.15, -0.1) is 0 Å². The standard InChI is InChI=1S/C24H15N5O4/c25-15-19(17-6-8-22(9-7-17)28(30)31)14-20-16-27(21-10-12-23(13-11-21)29(32)33)26-24(20)18-4-2-1-3-5-18/h1-14,16H/b19-14+. The van der Waals surface area contributed by atoms with E-state index < -0.39 is 9.85 Å². The van der Waals surface area contributed by atoms with Crippen molar-refractivity contribution in [3.63, 3.8) is 0 Å². The molecule has 0 aliphatic heterocycles. The van der Waals surface area contributed by atoms with Crippen LogP contribution in [-0.2, 0) is 0 Å². The number of rotatable bonds is 6. The van der Waals surface area contributed by atoms with Crippen molar-refractivity contribution in [2.75, 3.05) is 0 Å². The molecule has 0 bridgehead atoms. The Morgan fingerprint density at radius 1 is 0.879 bits per heavy atom. The Kier molecular flexibility index (Phi) is 5.74. The van der Waals surface area contributed by atoms with Crippen LogP contribution in [-0.4, -0.2) is 19.6 Å². The van der Waals surface area contributed by atoms with Crippen molar-refractivity contribution >= 4 is 23.0 Å². The topological polar surface area (TPSA) is 128 Å². The number of allylic oxidation sites excluding steroid dienone is 1. The molecule has 0 spiro atoms. The van der Waals surface area contributed by atoms with Crippen LogP contribution in [0.4, 0.5) is 11.4 Å². The summed E-state index contributed by atoms with van der Waals surface area (Å²) >= 11 is 0. The zero-order chi connectivity index (χ0) is 23.4. The van der Waals surface area contributed by atoms with Crippen molar-refractivity contribution in [2.45, 2.75) is 0 Å². The molecule has 9 heteroatoms. The Morgan fingerprint density at radius 2 is 1.45 bits per heavy atom. The van der Waals surface area contributed by atoms with E-state index in [0.717, 1.165) is 5.56 Å². The van der Waals surface area contributed by atoms with Gasteiger partial charge < -0.3 is 0 Å². The second-order valence-corrected chi connectivity index (χ2v) is 6.99. The second kappa shape index (κ2) is 8.95. The van der Waals surface area contributed by atoms with Crippen LogP contribution in [0.5, 0.6) is 0 Å². The number of nitriles is 1. The highest BCUT2D eigenvalue weighted by Crippen LogP contribution is 2.28. The molecule has 0 atom stereocenters. The summed E-state index contributed by atoms with van der Waals surface area (Å²) in [5, 5.41) is 36.3. The van der Waals surface area contributed by atoms with E-state index in [1.165, 1.54) is 36.4 Å². The summed E-state index contributed by atoms with van der Waals surface area (Å²) in [4.78, 5) is 20.9. The van der Waals surface area contributed by atoms with Gasteiger partial charge in [-0.05, 0) is 35.9 Å².